The molecular weight excluding hydrogens is 388 g/mol. The van der Waals surface area contributed by atoms with Crippen LogP contribution in [0.4, 0.5) is 4.79 Å². The van der Waals surface area contributed by atoms with Gasteiger partial charge in [0.05, 0.1) is 12.2 Å². The first kappa shape index (κ1) is 23.6. The van der Waals surface area contributed by atoms with Crippen molar-refractivity contribution >= 4 is 23.3 Å². The average Bonchev–Trinajstić information content (AvgIpc) is 3.20. The van der Waals surface area contributed by atoms with E-state index in [0.29, 0.717) is 25.7 Å². The van der Waals surface area contributed by atoms with Crippen LogP contribution in [0.1, 0.15) is 65.6 Å². The van der Waals surface area contributed by atoms with Crippen LogP contribution in [0.15, 0.2) is 5.38 Å². The molecule has 7 nitrogen and oxygen atoms in total. The largest absolute Gasteiger partial charge is 0.458 e. The minimum absolute atomic E-state index is 0.0294. The Morgan fingerprint density at radius 1 is 1.31 bits per heavy atom. The number of hydrogen-bond donors (Lipinski definition) is 1. The minimum Gasteiger partial charge on any atom is -0.458 e. The first-order chi connectivity index (χ1) is 13.5. The SMILES string of the molecule is CC[C@H](C)[C@@H](C(=O)OC(C)(C)C)N1CCN(Cc2csc(CNC(C)C)n2)C1=O. The Hall–Kier alpha value is -1.67. The number of aromatic nitrogens is 1. The molecule has 0 saturated carbocycles. The number of amides is 2. The van der Waals surface area contributed by atoms with E-state index in [-0.39, 0.29) is 17.9 Å². The van der Waals surface area contributed by atoms with E-state index in [1.165, 1.54) is 0 Å². The van der Waals surface area contributed by atoms with Gasteiger partial charge in [-0.2, -0.15) is 0 Å². The molecule has 0 unspecified atom stereocenters. The molecule has 2 rings (SSSR count). The molecule has 1 aromatic rings. The maximum absolute atomic E-state index is 13.1. The van der Waals surface area contributed by atoms with E-state index in [0.717, 1.165) is 23.7 Å². The molecule has 0 spiro atoms. The van der Waals surface area contributed by atoms with Crippen molar-refractivity contribution in [2.75, 3.05) is 13.1 Å². The number of ether oxygens (including phenoxy) is 1. The lowest BCUT2D eigenvalue weighted by Crippen LogP contribution is -2.49. The highest BCUT2D eigenvalue weighted by atomic mass is 32.1. The van der Waals surface area contributed by atoms with Crippen molar-refractivity contribution in [1.82, 2.24) is 20.1 Å². The summed E-state index contributed by atoms with van der Waals surface area (Å²) in [6.45, 7) is 16.1. The van der Waals surface area contributed by atoms with Crippen LogP contribution in [0.5, 0.6) is 0 Å². The summed E-state index contributed by atoms with van der Waals surface area (Å²) in [5, 5.41) is 6.38. The Bertz CT molecular complexity index is 698. The lowest BCUT2D eigenvalue weighted by molar-refractivity contribution is -0.162. The van der Waals surface area contributed by atoms with Gasteiger partial charge in [0.2, 0.25) is 0 Å². The third-order valence-corrected chi connectivity index (χ3v) is 5.81. The zero-order valence-corrected chi connectivity index (χ0v) is 19.6. The van der Waals surface area contributed by atoms with Gasteiger partial charge in [-0.05, 0) is 26.7 Å². The van der Waals surface area contributed by atoms with Gasteiger partial charge in [-0.1, -0.05) is 34.1 Å². The number of urea groups is 1. The zero-order valence-electron chi connectivity index (χ0n) is 18.8. The number of nitrogens with one attached hydrogen (secondary N) is 1. The number of esters is 1. The summed E-state index contributed by atoms with van der Waals surface area (Å²) in [6.07, 6.45) is 0.798. The van der Waals surface area contributed by atoms with E-state index in [2.05, 4.69) is 24.1 Å². The topological polar surface area (TPSA) is 74.8 Å². The average molecular weight is 425 g/mol. The maximum Gasteiger partial charge on any atom is 0.329 e. The highest BCUT2D eigenvalue weighted by molar-refractivity contribution is 7.09. The number of hydrogen-bond acceptors (Lipinski definition) is 6. The molecule has 1 N–H and O–H groups in total. The number of carbonyl (C=O) groups excluding carboxylic acids is 2. The highest BCUT2D eigenvalue weighted by Gasteiger charge is 2.41. The van der Waals surface area contributed by atoms with E-state index < -0.39 is 11.6 Å². The predicted octanol–water partition coefficient (Wildman–Crippen LogP) is 3.64. The smallest absolute Gasteiger partial charge is 0.329 e. The van der Waals surface area contributed by atoms with Crippen LogP contribution in [0, 0.1) is 5.92 Å². The van der Waals surface area contributed by atoms with Gasteiger partial charge in [-0.3, -0.25) is 0 Å². The molecule has 0 radical (unpaired) electrons. The molecular formula is C21H36N4O3S. The van der Waals surface area contributed by atoms with Crippen LogP contribution in [0.2, 0.25) is 0 Å². The summed E-state index contributed by atoms with van der Waals surface area (Å²) in [5.41, 5.74) is 0.315. The second kappa shape index (κ2) is 9.89. The summed E-state index contributed by atoms with van der Waals surface area (Å²) in [6, 6.07) is -0.268. The number of nitrogens with zero attached hydrogens (tertiary/aromatic N) is 3. The normalized spacial score (nSPS) is 17.2. The third-order valence-electron chi connectivity index (χ3n) is 4.91. The lowest BCUT2D eigenvalue weighted by Gasteiger charge is -2.32. The quantitative estimate of drug-likeness (QED) is 0.613. The molecule has 164 valence electrons. The van der Waals surface area contributed by atoms with Crippen molar-refractivity contribution in [2.24, 2.45) is 5.92 Å². The van der Waals surface area contributed by atoms with Gasteiger partial charge in [-0.25, -0.2) is 14.6 Å². The summed E-state index contributed by atoms with van der Waals surface area (Å²) in [4.78, 5) is 34.0. The number of carbonyl (C=O) groups is 2. The first-order valence-electron chi connectivity index (χ1n) is 10.5. The van der Waals surface area contributed by atoms with Crippen LogP contribution < -0.4 is 5.32 Å². The highest BCUT2D eigenvalue weighted by Crippen LogP contribution is 2.25. The molecule has 2 amide bonds. The minimum atomic E-state index is -0.577. The molecule has 8 heteroatoms. The first-order valence-corrected chi connectivity index (χ1v) is 11.3. The van der Waals surface area contributed by atoms with Crippen LogP contribution in [-0.2, 0) is 22.6 Å². The van der Waals surface area contributed by atoms with E-state index >= 15 is 0 Å². The molecule has 0 aliphatic carbocycles. The van der Waals surface area contributed by atoms with E-state index in [4.69, 9.17) is 4.74 Å². The van der Waals surface area contributed by atoms with E-state index in [1.807, 2.05) is 40.0 Å². The van der Waals surface area contributed by atoms with Crippen molar-refractivity contribution in [3.8, 4) is 0 Å². The molecule has 2 atom stereocenters. The number of rotatable bonds is 9. The van der Waals surface area contributed by atoms with Crippen molar-refractivity contribution in [1.29, 1.82) is 0 Å². The van der Waals surface area contributed by atoms with Crippen LogP contribution in [0.3, 0.4) is 0 Å². The molecule has 0 bridgehead atoms. The van der Waals surface area contributed by atoms with Crippen LogP contribution >= 0.6 is 11.3 Å². The zero-order chi connectivity index (χ0) is 21.8. The maximum atomic E-state index is 13.1. The van der Waals surface area contributed by atoms with E-state index in [1.54, 1.807) is 21.1 Å². The number of thiazole rings is 1. The fraction of sp³-hybridized carbons (Fsp3) is 0.762. The molecule has 2 heterocycles. The second-order valence-electron chi connectivity index (χ2n) is 9.03. The fourth-order valence-electron chi connectivity index (χ4n) is 3.25. The Labute approximate surface area is 178 Å². The molecule has 0 aromatic carbocycles. The van der Waals surface area contributed by atoms with Gasteiger partial charge in [0, 0.05) is 31.1 Å². The Morgan fingerprint density at radius 3 is 2.59 bits per heavy atom. The Balaban J connectivity index is 2.05. The fourth-order valence-corrected chi connectivity index (χ4v) is 3.98. The molecule has 1 aliphatic rings. The predicted molar refractivity (Wildman–Crippen MR) is 116 cm³/mol. The molecule has 1 aliphatic heterocycles. The third kappa shape index (κ3) is 6.67. The van der Waals surface area contributed by atoms with Crippen molar-refractivity contribution in [2.45, 2.75) is 85.7 Å². The van der Waals surface area contributed by atoms with Crippen molar-refractivity contribution in [3.05, 3.63) is 16.1 Å². The van der Waals surface area contributed by atoms with Gasteiger partial charge in [0.25, 0.3) is 0 Å². The molecule has 1 saturated heterocycles. The lowest BCUT2D eigenvalue weighted by atomic mass is 9.97. The van der Waals surface area contributed by atoms with Gasteiger partial charge in [0.15, 0.2) is 0 Å². The van der Waals surface area contributed by atoms with Gasteiger partial charge in [0.1, 0.15) is 16.7 Å². The summed E-state index contributed by atoms with van der Waals surface area (Å²) >= 11 is 1.60. The van der Waals surface area contributed by atoms with Crippen LogP contribution in [0.25, 0.3) is 0 Å². The van der Waals surface area contributed by atoms with Crippen molar-refractivity contribution < 1.29 is 14.3 Å². The molecule has 1 aromatic heterocycles. The summed E-state index contributed by atoms with van der Waals surface area (Å²) < 4.78 is 5.62. The standard InChI is InChI=1S/C21H36N4O3S/c1-8-15(4)18(19(26)28-21(5,6)7)25-10-9-24(20(25)27)12-16-13-29-17(23-16)11-22-14(2)3/h13-15,18,22H,8-12H2,1-7H3/t15-,18-/m0/s1. The van der Waals surface area contributed by atoms with Crippen LogP contribution in [-0.4, -0.2) is 57.6 Å². The van der Waals surface area contributed by atoms with Gasteiger partial charge < -0.3 is 19.9 Å². The van der Waals surface area contributed by atoms with Crippen molar-refractivity contribution in [3.63, 3.8) is 0 Å². The monoisotopic (exact) mass is 424 g/mol. The molecule has 1 fully saturated rings. The van der Waals surface area contributed by atoms with E-state index in [9.17, 15) is 9.59 Å². The van der Waals surface area contributed by atoms with Gasteiger partial charge >= 0.3 is 12.0 Å². The Morgan fingerprint density at radius 2 is 2.00 bits per heavy atom. The Kier molecular flexibility index (Phi) is 8.05. The molecule has 29 heavy (non-hydrogen) atoms. The second-order valence-corrected chi connectivity index (χ2v) is 9.97. The van der Waals surface area contributed by atoms with Gasteiger partial charge in [-0.15, -0.1) is 11.3 Å². The summed E-state index contributed by atoms with van der Waals surface area (Å²) in [7, 11) is 0. The summed E-state index contributed by atoms with van der Waals surface area (Å²) in [5.74, 6) is -0.292.